The maximum Gasteiger partial charge on any atom is 0.326 e. The average molecular weight is 651 g/mol. The second-order valence-corrected chi connectivity index (χ2v) is 14.9. The number of carboxylic acids is 1. The van der Waals surface area contributed by atoms with E-state index in [1.807, 2.05) is 36.6 Å². The van der Waals surface area contributed by atoms with Gasteiger partial charge in [0.1, 0.15) is 17.8 Å². The average Bonchev–Trinajstić information content (AvgIpc) is 2.99. The molecule has 2 aromatic rings. The summed E-state index contributed by atoms with van der Waals surface area (Å²) in [7, 11) is 0. The maximum absolute atomic E-state index is 13.8. The minimum absolute atomic E-state index is 0.160. The van der Waals surface area contributed by atoms with E-state index in [9.17, 15) is 29.4 Å². The molecule has 4 saturated carbocycles. The molecule has 46 heavy (non-hydrogen) atoms. The Hall–Kier alpha value is -3.57. The molecule has 248 valence electrons. The van der Waals surface area contributed by atoms with Gasteiger partial charge in [-0.15, -0.1) is 0 Å². The van der Waals surface area contributed by atoms with Crippen molar-refractivity contribution < 1.29 is 29.4 Å². The van der Waals surface area contributed by atoms with E-state index in [0.29, 0.717) is 30.4 Å². The van der Waals surface area contributed by atoms with Gasteiger partial charge in [-0.05, 0) is 104 Å². The number of thioether (sulfide) groups is 1. The van der Waals surface area contributed by atoms with Crippen LogP contribution >= 0.6 is 11.8 Å². The Balaban J connectivity index is 1.26. The van der Waals surface area contributed by atoms with Crippen LogP contribution < -0.4 is 21.7 Å². The van der Waals surface area contributed by atoms with Crippen molar-refractivity contribution in [2.45, 2.75) is 87.9 Å². The molecule has 2 unspecified atom stereocenters. The lowest BCUT2D eigenvalue weighted by Gasteiger charge is -2.62. The van der Waals surface area contributed by atoms with Gasteiger partial charge in [0, 0.05) is 18.4 Å². The Labute approximate surface area is 274 Å². The van der Waals surface area contributed by atoms with Crippen molar-refractivity contribution in [1.29, 1.82) is 0 Å². The van der Waals surface area contributed by atoms with Crippen molar-refractivity contribution in [3.8, 4) is 5.75 Å². The number of phenolic OH excluding ortho intramolecular Hbond substituents is 1. The SMILES string of the molecule is CSCC[C@H](NC(=O)[C@H](Cc1ccccc1)NC(=O)CC12CC3CC(C1)CC(NC(=O)[C@@H](N)Cc1ccc(O)cc1)(C3)C2)C(=O)O. The topological polar surface area (TPSA) is 171 Å². The number of benzene rings is 2. The molecule has 10 nitrogen and oxygen atoms in total. The smallest absolute Gasteiger partial charge is 0.326 e. The fourth-order valence-corrected chi connectivity index (χ4v) is 9.02. The lowest BCUT2D eigenvalue weighted by molar-refractivity contribution is -0.142. The first-order valence-corrected chi connectivity index (χ1v) is 17.6. The highest BCUT2D eigenvalue weighted by atomic mass is 32.2. The number of aliphatic carboxylic acids is 1. The Kier molecular flexibility index (Phi) is 10.6. The molecule has 0 radical (unpaired) electrons. The molecule has 0 heterocycles. The van der Waals surface area contributed by atoms with Gasteiger partial charge in [-0.25, -0.2) is 4.79 Å². The van der Waals surface area contributed by atoms with E-state index in [2.05, 4.69) is 16.0 Å². The van der Waals surface area contributed by atoms with Crippen molar-refractivity contribution in [2.24, 2.45) is 23.0 Å². The summed E-state index contributed by atoms with van der Waals surface area (Å²) in [6, 6.07) is 13.4. The number of carboxylic acid groups (broad SMARTS) is 1. The second-order valence-electron chi connectivity index (χ2n) is 13.9. The molecule has 0 spiro atoms. The van der Waals surface area contributed by atoms with Crippen molar-refractivity contribution in [2.75, 3.05) is 12.0 Å². The van der Waals surface area contributed by atoms with E-state index in [1.165, 1.54) is 11.8 Å². The van der Waals surface area contributed by atoms with Gasteiger partial charge in [0.25, 0.3) is 0 Å². The molecule has 7 N–H and O–H groups in total. The molecule has 4 fully saturated rings. The number of hydrogen-bond donors (Lipinski definition) is 6. The first-order chi connectivity index (χ1) is 22.0. The van der Waals surface area contributed by atoms with Crippen LogP contribution in [-0.2, 0) is 32.0 Å². The standard InChI is InChI=1S/C35H46N4O6S/c1-46-12-11-28(33(44)45)38-32(43)29(15-22-5-3-2-4-6-22)37-30(41)20-34-16-24-13-25(17-34)19-35(18-24,21-34)39-31(42)27(36)14-23-7-9-26(40)10-8-23/h2-10,24-25,27-29,40H,11-21,36H2,1H3,(H,37,41)(H,38,43)(H,39,42)(H,44,45)/t24?,25?,27-,28-,29-,34?,35?/m0/s1. The normalized spacial score (nSPS) is 26.5. The summed E-state index contributed by atoms with van der Waals surface area (Å²) in [5, 5.41) is 28.2. The highest BCUT2D eigenvalue weighted by molar-refractivity contribution is 7.98. The van der Waals surface area contributed by atoms with Crippen molar-refractivity contribution in [1.82, 2.24) is 16.0 Å². The first-order valence-electron chi connectivity index (χ1n) is 16.2. The molecule has 6 rings (SSSR count). The molecule has 4 aliphatic carbocycles. The van der Waals surface area contributed by atoms with Crippen molar-refractivity contribution in [3.63, 3.8) is 0 Å². The summed E-state index contributed by atoms with van der Waals surface area (Å²) in [4.78, 5) is 52.4. The third kappa shape index (κ3) is 8.41. The van der Waals surface area contributed by atoms with Gasteiger partial charge >= 0.3 is 5.97 Å². The van der Waals surface area contributed by atoms with Gasteiger partial charge in [0.2, 0.25) is 17.7 Å². The van der Waals surface area contributed by atoms with E-state index >= 15 is 0 Å². The predicted octanol–water partition coefficient (Wildman–Crippen LogP) is 3.16. The van der Waals surface area contributed by atoms with Crippen LogP contribution in [0.2, 0.25) is 0 Å². The van der Waals surface area contributed by atoms with Gasteiger partial charge < -0.3 is 31.9 Å². The lowest BCUT2D eigenvalue weighted by atomic mass is 9.46. The number of phenols is 1. The summed E-state index contributed by atoms with van der Waals surface area (Å²) in [5.41, 5.74) is 7.36. The molecule has 0 aromatic heterocycles. The van der Waals surface area contributed by atoms with Crippen LogP contribution in [0.4, 0.5) is 0 Å². The molecular formula is C35H46N4O6S. The minimum Gasteiger partial charge on any atom is -0.508 e. The minimum atomic E-state index is -1.10. The van der Waals surface area contributed by atoms with Crippen LogP contribution in [0.1, 0.15) is 62.5 Å². The molecule has 3 amide bonds. The van der Waals surface area contributed by atoms with E-state index in [1.54, 1.807) is 24.3 Å². The molecule has 2 aromatic carbocycles. The zero-order valence-electron chi connectivity index (χ0n) is 26.4. The molecule has 0 aliphatic heterocycles. The molecule has 5 atom stereocenters. The second kappa shape index (κ2) is 14.5. The number of nitrogens with one attached hydrogen (secondary N) is 3. The number of nitrogens with two attached hydrogens (primary N) is 1. The third-order valence-electron chi connectivity index (χ3n) is 9.99. The summed E-state index contributed by atoms with van der Waals surface area (Å²) in [5.74, 6) is -0.510. The van der Waals surface area contributed by atoms with E-state index in [-0.39, 0.29) is 42.2 Å². The van der Waals surface area contributed by atoms with Crippen LogP contribution in [0, 0.1) is 17.3 Å². The Bertz CT molecular complexity index is 1390. The predicted molar refractivity (Wildman–Crippen MR) is 177 cm³/mol. The highest BCUT2D eigenvalue weighted by Gasteiger charge is 2.58. The summed E-state index contributed by atoms with van der Waals surface area (Å²) < 4.78 is 0. The Morgan fingerprint density at radius 2 is 1.54 bits per heavy atom. The monoisotopic (exact) mass is 650 g/mol. The van der Waals surface area contributed by atoms with E-state index in [4.69, 9.17) is 5.73 Å². The molecule has 4 aliphatic rings. The molecule has 11 heteroatoms. The number of carbonyl (C=O) groups is 4. The van der Waals surface area contributed by atoms with Crippen LogP contribution in [0.25, 0.3) is 0 Å². The van der Waals surface area contributed by atoms with Gasteiger partial charge in [0.15, 0.2) is 0 Å². The summed E-state index contributed by atoms with van der Waals surface area (Å²) >= 11 is 1.51. The third-order valence-corrected chi connectivity index (χ3v) is 10.6. The van der Waals surface area contributed by atoms with Crippen LogP contribution in [-0.4, -0.2) is 69.6 Å². The quantitative estimate of drug-likeness (QED) is 0.171. The van der Waals surface area contributed by atoms with Gasteiger partial charge in [-0.3, -0.25) is 14.4 Å². The number of amides is 3. The zero-order chi connectivity index (χ0) is 32.9. The van der Waals surface area contributed by atoms with Gasteiger partial charge in [0.05, 0.1) is 6.04 Å². The van der Waals surface area contributed by atoms with Crippen LogP contribution in [0.3, 0.4) is 0 Å². The van der Waals surface area contributed by atoms with Gasteiger partial charge in [-0.2, -0.15) is 11.8 Å². The van der Waals surface area contributed by atoms with E-state index in [0.717, 1.165) is 43.2 Å². The fourth-order valence-electron chi connectivity index (χ4n) is 8.55. The Morgan fingerprint density at radius 3 is 2.17 bits per heavy atom. The largest absolute Gasteiger partial charge is 0.508 e. The van der Waals surface area contributed by atoms with Crippen molar-refractivity contribution in [3.05, 3.63) is 65.7 Å². The summed E-state index contributed by atoms with van der Waals surface area (Å²) in [6.45, 7) is 0. The molecule has 0 saturated heterocycles. The molecule has 4 bridgehead atoms. The molecular weight excluding hydrogens is 604 g/mol. The number of carbonyl (C=O) groups excluding carboxylic acids is 3. The summed E-state index contributed by atoms with van der Waals surface area (Å²) in [6.07, 6.45) is 8.32. The lowest BCUT2D eigenvalue weighted by Crippen LogP contribution is -2.65. The number of hydrogen-bond acceptors (Lipinski definition) is 7. The Morgan fingerprint density at radius 1 is 0.891 bits per heavy atom. The number of aromatic hydroxyl groups is 1. The zero-order valence-corrected chi connectivity index (χ0v) is 27.2. The highest BCUT2D eigenvalue weighted by Crippen LogP contribution is 2.62. The van der Waals surface area contributed by atoms with Gasteiger partial charge in [-0.1, -0.05) is 42.5 Å². The maximum atomic E-state index is 13.8. The van der Waals surface area contributed by atoms with E-state index < -0.39 is 35.5 Å². The first kappa shape index (κ1) is 33.8. The fraction of sp³-hybridized carbons (Fsp3) is 0.543. The van der Waals surface area contributed by atoms with Crippen molar-refractivity contribution >= 4 is 35.5 Å². The van der Waals surface area contributed by atoms with Crippen LogP contribution in [0.5, 0.6) is 5.75 Å². The van der Waals surface area contributed by atoms with Crippen LogP contribution in [0.15, 0.2) is 54.6 Å². The number of rotatable bonds is 15.